The molecule has 0 fully saturated rings. The molecule has 0 spiro atoms. The Labute approximate surface area is 175 Å². The molecular weight excluding hydrogens is 380 g/mol. The Morgan fingerprint density at radius 1 is 1.07 bits per heavy atom. The second kappa shape index (κ2) is 6.74. The number of methoxy groups -OCH3 is 1. The minimum Gasteiger partial charge on any atom is -0.493 e. The van der Waals surface area contributed by atoms with Crippen molar-refractivity contribution in [3.63, 3.8) is 0 Å². The first-order chi connectivity index (χ1) is 14.5. The summed E-state index contributed by atoms with van der Waals surface area (Å²) in [5, 5.41) is 12.1. The number of fused-ring (bicyclic) bond motifs is 6. The Morgan fingerprint density at radius 2 is 1.83 bits per heavy atom. The number of benzene rings is 3. The molecule has 0 bridgehead atoms. The van der Waals surface area contributed by atoms with Gasteiger partial charge in [-0.3, -0.25) is 0 Å². The van der Waals surface area contributed by atoms with Gasteiger partial charge in [0.25, 0.3) is 0 Å². The fraction of sp³-hybridized carbons (Fsp3) is 0.292. The van der Waals surface area contributed by atoms with E-state index in [1.54, 1.807) is 7.11 Å². The van der Waals surface area contributed by atoms with Crippen molar-refractivity contribution in [3.8, 4) is 40.2 Å². The average molecular weight is 402 g/mol. The maximum absolute atomic E-state index is 10.0. The summed E-state index contributed by atoms with van der Waals surface area (Å²) in [5.41, 5.74) is 3.92. The quantitative estimate of drug-likeness (QED) is 0.611. The second-order valence-corrected chi connectivity index (χ2v) is 7.79. The van der Waals surface area contributed by atoms with Gasteiger partial charge >= 0.3 is 0 Å². The molecule has 6 nitrogen and oxygen atoms in total. The summed E-state index contributed by atoms with van der Waals surface area (Å²) < 4.78 is 22.7. The van der Waals surface area contributed by atoms with E-state index in [1.165, 1.54) is 0 Å². The Balaban J connectivity index is 1.80. The minimum absolute atomic E-state index is 0.00536. The molecule has 152 valence electrons. The van der Waals surface area contributed by atoms with E-state index in [0.717, 1.165) is 44.6 Å². The summed E-state index contributed by atoms with van der Waals surface area (Å²) >= 11 is 0. The molecule has 30 heavy (non-hydrogen) atoms. The number of nitrogens with zero attached hydrogens (tertiary/aromatic N) is 2. The van der Waals surface area contributed by atoms with Gasteiger partial charge in [-0.2, -0.15) is 5.26 Å². The van der Waals surface area contributed by atoms with Gasteiger partial charge in [0.15, 0.2) is 23.0 Å². The van der Waals surface area contributed by atoms with Crippen LogP contribution in [0.3, 0.4) is 0 Å². The van der Waals surface area contributed by atoms with Gasteiger partial charge in [-0.05, 0) is 49.1 Å². The zero-order valence-corrected chi connectivity index (χ0v) is 17.4. The highest BCUT2D eigenvalue weighted by molar-refractivity contribution is 6.05. The van der Waals surface area contributed by atoms with E-state index in [-0.39, 0.29) is 12.9 Å². The second-order valence-electron chi connectivity index (χ2n) is 7.79. The van der Waals surface area contributed by atoms with Crippen molar-refractivity contribution in [1.82, 2.24) is 0 Å². The Hall–Kier alpha value is -3.59. The van der Waals surface area contributed by atoms with Gasteiger partial charge in [-0.1, -0.05) is 12.1 Å². The summed E-state index contributed by atoms with van der Waals surface area (Å²) in [6.07, 6.45) is 0.00536. The summed E-state index contributed by atoms with van der Waals surface area (Å²) in [6, 6.07) is 14.1. The molecule has 0 aliphatic carbocycles. The van der Waals surface area contributed by atoms with Crippen LogP contribution < -0.4 is 23.8 Å². The van der Waals surface area contributed by atoms with Gasteiger partial charge < -0.3 is 23.8 Å². The van der Waals surface area contributed by atoms with E-state index in [2.05, 4.69) is 18.2 Å². The molecule has 5 rings (SSSR count). The van der Waals surface area contributed by atoms with Crippen molar-refractivity contribution in [3.05, 3.63) is 42.0 Å². The highest BCUT2D eigenvalue weighted by Gasteiger charge is 2.32. The van der Waals surface area contributed by atoms with Gasteiger partial charge in [-0.25, -0.2) is 0 Å². The van der Waals surface area contributed by atoms with Crippen LogP contribution in [0.5, 0.6) is 23.0 Å². The number of ether oxygens (including phenoxy) is 4. The highest BCUT2D eigenvalue weighted by Crippen LogP contribution is 2.51. The van der Waals surface area contributed by atoms with Crippen molar-refractivity contribution >= 4 is 16.5 Å². The Bertz CT molecular complexity index is 1210. The molecule has 1 unspecified atom stereocenters. The molecule has 0 aromatic heterocycles. The van der Waals surface area contributed by atoms with E-state index in [0.29, 0.717) is 11.5 Å². The summed E-state index contributed by atoms with van der Waals surface area (Å²) in [7, 11) is 3.57. The number of nitriles is 1. The van der Waals surface area contributed by atoms with Gasteiger partial charge in [0.1, 0.15) is 6.04 Å². The molecular formula is C24H22N2O4. The largest absolute Gasteiger partial charge is 0.493 e. The summed E-state index contributed by atoms with van der Waals surface area (Å²) in [5.74, 6) is 2.77. The third-order valence-electron chi connectivity index (χ3n) is 5.63. The van der Waals surface area contributed by atoms with E-state index in [4.69, 9.17) is 18.9 Å². The van der Waals surface area contributed by atoms with Crippen molar-refractivity contribution in [2.24, 2.45) is 0 Å². The fourth-order valence-corrected chi connectivity index (χ4v) is 4.33. The number of rotatable bonds is 3. The molecule has 2 aliphatic heterocycles. The Kier molecular flexibility index (Phi) is 4.14. The minimum atomic E-state index is -0.453. The molecule has 0 N–H and O–H groups in total. The first-order valence-electron chi connectivity index (χ1n) is 9.89. The predicted octanol–water partition coefficient (Wildman–Crippen LogP) is 5.05. The smallest absolute Gasteiger partial charge is 0.231 e. The monoisotopic (exact) mass is 402 g/mol. The maximum atomic E-state index is 10.0. The van der Waals surface area contributed by atoms with E-state index in [9.17, 15) is 5.26 Å². The third kappa shape index (κ3) is 2.62. The first-order valence-corrected chi connectivity index (χ1v) is 9.89. The van der Waals surface area contributed by atoms with Gasteiger partial charge in [0, 0.05) is 23.6 Å². The van der Waals surface area contributed by atoms with Crippen molar-refractivity contribution in [2.45, 2.75) is 26.0 Å². The molecule has 0 saturated carbocycles. The SMILES string of the molecule is COc1cc2c(cc1OC(C)C)-c1ccc3cc4c(cc3c1N(C)C2C#N)OCO4. The lowest BCUT2D eigenvalue weighted by molar-refractivity contribution is 0.174. The predicted molar refractivity (Wildman–Crippen MR) is 115 cm³/mol. The lowest BCUT2D eigenvalue weighted by Gasteiger charge is -2.35. The van der Waals surface area contributed by atoms with E-state index < -0.39 is 6.04 Å². The summed E-state index contributed by atoms with van der Waals surface area (Å²) in [4.78, 5) is 2.02. The van der Waals surface area contributed by atoms with Gasteiger partial charge in [0.05, 0.1) is 25.0 Å². The van der Waals surface area contributed by atoms with Crippen LogP contribution in [0.1, 0.15) is 25.5 Å². The zero-order chi connectivity index (χ0) is 21.0. The van der Waals surface area contributed by atoms with Crippen molar-refractivity contribution < 1.29 is 18.9 Å². The molecule has 3 aromatic rings. The standard InChI is InChI=1S/C24H22N2O4/c1-13(2)30-23-9-17-15-6-5-14-7-21-22(29-12-28-21)8-16(14)24(15)26(3)19(11-25)18(17)10-20(23)27-4/h5-10,13,19H,12H2,1-4H3. The van der Waals surface area contributed by atoms with Crippen molar-refractivity contribution in [2.75, 3.05) is 25.9 Å². The third-order valence-corrected chi connectivity index (χ3v) is 5.63. The van der Waals surface area contributed by atoms with Crippen LogP contribution >= 0.6 is 0 Å². The molecule has 0 amide bonds. The average Bonchev–Trinajstić information content (AvgIpc) is 3.18. The van der Waals surface area contributed by atoms with Crippen LogP contribution in [0.2, 0.25) is 0 Å². The number of hydrogen-bond acceptors (Lipinski definition) is 6. The molecule has 3 aromatic carbocycles. The molecule has 0 radical (unpaired) electrons. The number of anilines is 1. The fourth-order valence-electron chi connectivity index (χ4n) is 4.33. The van der Waals surface area contributed by atoms with Crippen LogP contribution in [0.25, 0.3) is 21.9 Å². The number of hydrogen-bond donors (Lipinski definition) is 0. The normalized spacial score (nSPS) is 16.3. The van der Waals surface area contributed by atoms with Gasteiger partial charge in [0.2, 0.25) is 6.79 Å². The van der Waals surface area contributed by atoms with Crippen LogP contribution in [0, 0.1) is 11.3 Å². The van der Waals surface area contributed by atoms with Gasteiger partial charge in [-0.15, -0.1) is 0 Å². The van der Waals surface area contributed by atoms with Crippen LogP contribution in [0.15, 0.2) is 36.4 Å². The molecule has 2 heterocycles. The lowest BCUT2D eigenvalue weighted by atomic mass is 9.86. The lowest BCUT2D eigenvalue weighted by Crippen LogP contribution is -2.27. The highest BCUT2D eigenvalue weighted by atomic mass is 16.7. The van der Waals surface area contributed by atoms with Crippen LogP contribution in [-0.2, 0) is 0 Å². The molecule has 1 atom stereocenters. The topological polar surface area (TPSA) is 64.0 Å². The maximum Gasteiger partial charge on any atom is 0.231 e. The molecule has 0 saturated heterocycles. The zero-order valence-electron chi connectivity index (χ0n) is 17.4. The summed E-state index contributed by atoms with van der Waals surface area (Å²) in [6.45, 7) is 4.19. The Morgan fingerprint density at radius 3 is 2.53 bits per heavy atom. The van der Waals surface area contributed by atoms with Crippen LogP contribution in [0.4, 0.5) is 5.69 Å². The molecule has 2 aliphatic rings. The van der Waals surface area contributed by atoms with E-state index in [1.807, 2.05) is 50.1 Å². The van der Waals surface area contributed by atoms with E-state index >= 15 is 0 Å². The van der Waals surface area contributed by atoms with Crippen LogP contribution in [-0.4, -0.2) is 27.1 Å². The molecule has 6 heteroatoms. The first kappa shape index (κ1) is 18.4. The van der Waals surface area contributed by atoms with Crippen molar-refractivity contribution in [1.29, 1.82) is 5.26 Å².